The van der Waals surface area contributed by atoms with Crippen molar-refractivity contribution in [1.82, 2.24) is 0 Å². The van der Waals surface area contributed by atoms with Gasteiger partial charge in [-0.25, -0.2) is 0 Å². The molecule has 0 radical (unpaired) electrons. The van der Waals surface area contributed by atoms with Crippen LogP contribution in [0.4, 0.5) is 9.41 Å². The first-order chi connectivity index (χ1) is 3.70. The maximum atomic E-state index is 2.28. The van der Waals surface area contributed by atoms with Gasteiger partial charge in [0.25, 0.3) is 0 Å². The third-order valence-electron chi connectivity index (χ3n) is 1.39. The van der Waals surface area contributed by atoms with Crippen LogP contribution in [0.15, 0.2) is 20.5 Å². The van der Waals surface area contributed by atoms with E-state index < -0.39 is 0 Å². The summed E-state index contributed by atoms with van der Waals surface area (Å²) in [5.41, 5.74) is 3.02. The SMILES string of the molecule is CC1=CC(C)=[C]([Zr])C1.F.F. The van der Waals surface area contributed by atoms with Crippen molar-refractivity contribution in [3.63, 3.8) is 0 Å². The Morgan fingerprint density at radius 3 is 1.90 bits per heavy atom. The molecule has 0 amide bonds. The van der Waals surface area contributed by atoms with E-state index in [1.807, 2.05) is 0 Å². The number of hydrogen-bond donors (Lipinski definition) is 0. The fourth-order valence-corrected chi connectivity index (χ4v) is 1.79. The summed E-state index contributed by atoms with van der Waals surface area (Å²) < 4.78 is 1.62. The predicted molar refractivity (Wildman–Crippen MR) is 36.1 cm³/mol. The topological polar surface area (TPSA) is 0 Å². The molecule has 0 aromatic heterocycles. The van der Waals surface area contributed by atoms with E-state index in [-0.39, 0.29) is 9.41 Å². The van der Waals surface area contributed by atoms with Crippen LogP contribution in [-0.2, 0) is 24.7 Å². The molecule has 1 aliphatic rings. The molecule has 0 atom stereocenters. The molecule has 10 heavy (non-hydrogen) atoms. The summed E-state index contributed by atoms with van der Waals surface area (Å²) in [4.78, 5) is 0. The Labute approximate surface area is 75.0 Å². The third-order valence-corrected chi connectivity index (χ3v) is 2.80. The average Bonchev–Trinajstić information content (AvgIpc) is 1.85. The summed E-state index contributed by atoms with van der Waals surface area (Å²) in [6.07, 6.45) is 3.52. The van der Waals surface area contributed by atoms with Crippen LogP contribution in [0.2, 0.25) is 0 Å². The van der Waals surface area contributed by atoms with Crippen LogP contribution >= 0.6 is 0 Å². The summed E-state index contributed by atoms with van der Waals surface area (Å²) in [6, 6.07) is 0. The van der Waals surface area contributed by atoms with Gasteiger partial charge in [-0.05, 0) is 0 Å². The zero-order chi connectivity index (χ0) is 6.15. The van der Waals surface area contributed by atoms with Crippen molar-refractivity contribution in [2.75, 3.05) is 0 Å². The number of hydrogen-bond acceptors (Lipinski definition) is 0. The second kappa shape index (κ2) is 4.95. The fourth-order valence-electron chi connectivity index (χ4n) is 0.926. The Hall–Kier alpha value is 0.223. The first kappa shape index (κ1) is 12.9. The molecule has 0 N–H and O–H groups in total. The van der Waals surface area contributed by atoms with Crippen molar-refractivity contribution in [2.24, 2.45) is 0 Å². The van der Waals surface area contributed by atoms with Gasteiger partial charge < -0.3 is 0 Å². The van der Waals surface area contributed by atoms with Crippen LogP contribution in [0.1, 0.15) is 20.3 Å². The van der Waals surface area contributed by atoms with Crippen molar-refractivity contribution in [2.45, 2.75) is 20.3 Å². The van der Waals surface area contributed by atoms with Gasteiger partial charge in [-0.1, -0.05) is 0 Å². The Kier molecular flexibility index (Phi) is 6.37. The van der Waals surface area contributed by atoms with Crippen molar-refractivity contribution in [3.8, 4) is 0 Å². The zero-order valence-electron chi connectivity index (χ0n) is 6.10. The molecule has 0 aliphatic heterocycles. The minimum atomic E-state index is 0. The quantitative estimate of drug-likeness (QED) is 0.593. The molecule has 0 aromatic rings. The minimum Gasteiger partial charge on any atom is -0.269 e. The van der Waals surface area contributed by atoms with Gasteiger partial charge in [0.2, 0.25) is 0 Å². The van der Waals surface area contributed by atoms with E-state index in [1.165, 1.54) is 17.6 Å². The van der Waals surface area contributed by atoms with Gasteiger partial charge in [-0.15, -0.1) is 0 Å². The average molecular weight is 224 g/mol. The summed E-state index contributed by atoms with van der Waals surface area (Å²) >= 11 is 1.58. The van der Waals surface area contributed by atoms with Crippen LogP contribution in [-0.4, -0.2) is 0 Å². The Morgan fingerprint density at radius 1 is 1.30 bits per heavy atom. The monoisotopic (exact) mass is 223 g/mol. The summed E-state index contributed by atoms with van der Waals surface area (Å²) in [5, 5.41) is 0. The first-order valence-corrected chi connectivity index (χ1v) is 4.01. The van der Waals surface area contributed by atoms with E-state index in [0.29, 0.717) is 0 Å². The molecule has 0 unspecified atom stereocenters. The van der Waals surface area contributed by atoms with E-state index in [0.717, 1.165) is 0 Å². The van der Waals surface area contributed by atoms with Gasteiger partial charge in [0.05, 0.1) is 0 Å². The standard InChI is InChI=1S/C7H9.2FH.Zr/c1-6-3-4-7(2)5-6;;;/h5H,3H2,1-2H3;2*1H;. The summed E-state index contributed by atoms with van der Waals surface area (Å²) in [6.45, 7) is 4.39. The molecule has 57 valence electrons. The molecule has 3 heteroatoms. The molecule has 1 aliphatic carbocycles. The molecule has 0 heterocycles. The summed E-state index contributed by atoms with van der Waals surface area (Å²) in [5.74, 6) is 0. The second-order valence-electron chi connectivity index (χ2n) is 2.33. The van der Waals surface area contributed by atoms with Gasteiger partial charge in [0.1, 0.15) is 0 Å². The summed E-state index contributed by atoms with van der Waals surface area (Å²) in [7, 11) is 0. The van der Waals surface area contributed by atoms with Crippen LogP contribution in [0.3, 0.4) is 0 Å². The van der Waals surface area contributed by atoms with Crippen molar-refractivity contribution in [3.05, 3.63) is 20.5 Å². The predicted octanol–water partition coefficient (Wildman–Crippen LogP) is 2.46. The molecule has 0 saturated carbocycles. The number of allylic oxidation sites excluding steroid dienone is 4. The first-order valence-electron chi connectivity index (χ1n) is 2.78. The minimum absolute atomic E-state index is 0. The van der Waals surface area contributed by atoms with Crippen LogP contribution in [0, 0.1) is 0 Å². The largest absolute Gasteiger partial charge is 0.269 e. The molecule has 0 nitrogen and oxygen atoms in total. The van der Waals surface area contributed by atoms with Gasteiger partial charge in [0.15, 0.2) is 0 Å². The van der Waals surface area contributed by atoms with Crippen molar-refractivity contribution in [1.29, 1.82) is 0 Å². The van der Waals surface area contributed by atoms with Crippen molar-refractivity contribution >= 4 is 0 Å². The van der Waals surface area contributed by atoms with E-state index in [9.17, 15) is 0 Å². The third kappa shape index (κ3) is 2.87. The second-order valence-corrected chi connectivity index (χ2v) is 3.81. The van der Waals surface area contributed by atoms with E-state index in [2.05, 4.69) is 19.9 Å². The number of rotatable bonds is 0. The maximum Gasteiger partial charge on any atom is -0.269 e. The van der Waals surface area contributed by atoms with Gasteiger partial charge >= 0.3 is 65.5 Å². The smallest absolute Gasteiger partial charge is 0.269 e. The Morgan fingerprint density at radius 2 is 1.80 bits per heavy atom. The molecule has 0 bridgehead atoms. The van der Waals surface area contributed by atoms with Crippen LogP contribution in [0.5, 0.6) is 0 Å². The molecule has 0 fully saturated rings. The molecule has 0 aromatic carbocycles. The van der Waals surface area contributed by atoms with Gasteiger partial charge in [-0.3, -0.25) is 9.41 Å². The Balaban J connectivity index is 0. The van der Waals surface area contributed by atoms with Gasteiger partial charge in [0, 0.05) is 0 Å². The van der Waals surface area contributed by atoms with E-state index in [4.69, 9.17) is 0 Å². The van der Waals surface area contributed by atoms with E-state index in [1.54, 1.807) is 28.0 Å². The maximum absolute atomic E-state index is 2.28. The van der Waals surface area contributed by atoms with Gasteiger partial charge in [-0.2, -0.15) is 0 Å². The zero-order valence-corrected chi connectivity index (χ0v) is 8.56. The molecule has 0 saturated heterocycles. The van der Waals surface area contributed by atoms with Crippen molar-refractivity contribution < 1.29 is 34.1 Å². The molecule has 1 rings (SSSR count). The number of halogens is 2. The van der Waals surface area contributed by atoms with Crippen LogP contribution < -0.4 is 0 Å². The molecular weight excluding hydrogens is 213 g/mol. The van der Waals surface area contributed by atoms with Crippen LogP contribution in [0.25, 0.3) is 0 Å². The normalized spacial score (nSPS) is 15.5. The van der Waals surface area contributed by atoms with E-state index >= 15 is 0 Å². The molecular formula is C7H11F2Zr. The fraction of sp³-hybridized carbons (Fsp3) is 0.429. The molecule has 0 spiro atoms. The Bertz CT molecular complexity index is 170.